The van der Waals surface area contributed by atoms with E-state index in [1.165, 1.54) is 0 Å². The summed E-state index contributed by atoms with van der Waals surface area (Å²) in [5.74, 6) is 0.255. The van der Waals surface area contributed by atoms with E-state index in [4.69, 9.17) is 0 Å². The molecule has 0 aromatic heterocycles. The molecule has 1 amide bonds. The molecule has 116 valence electrons. The Balaban J connectivity index is 2.08. The van der Waals surface area contributed by atoms with Crippen LogP contribution < -0.4 is 5.32 Å². The zero-order chi connectivity index (χ0) is 15.9. The predicted octanol–water partition coefficient (Wildman–Crippen LogP) is 2.17. The number of carbonyl (C=O) groups excluding carboxylic acids is 1. The summed E-state index contributed by atoms with van der Waals surface area (Å²) in [6.07, 6.45) is 1.71. The first-order chi connectivity index (χ1) is 10.6. The number of benzene rings is 2. The number of hydrogen-bond acceptors (Lipinski definition) is 3. The van der Waals surface area contributed by atoms with Crippen LogP contribution in [0.4, 0.5) is 0 Å². The zero-order valence-electron chi connectivity index (χ0n) is 12.4. The summed E-state index contributed by atoms with van der Waals surface area (Å²) in [5.41, 5.74) is 1.49. The normalized spacial score (nSPS) is 13.3. The van der Waals surface area contributed by atoms with E-state index in [0.717, 1.165) is 5.56 Å². The molecular formula is C17H19NO3S. The molecule has 4 nitrogen and oxygen atoms in total. The highest BCUT2D eigenvalue weighted by molar-refractivity contribution is 7.84. The number of nitrogens with one attached hydrogen (secondary N) is 1. The van der Waals surface area contributed by atoms with E-state index >= 15 is 0 Å². The summed E-state index contributed by atoms with van der Waals surface area (Å²) in [6, 6.07) is 15.9. The second-order valence-corrected chi connectivity index (χ2v) is 6.56. The SMILES string of the molecule is C[S@@](=O)C[C@@H](NC(=O)Cc1ccccc1O)c1ccccc1. The smallest absolute Gasteiger partial charge is 0.225 e. The van der Waals surface area contributed by atoms with Crippen LogP contribution in [0, 0.1) is 0 Å². The van der Waals surface area contributed by atoms with Crippen molar-refractivity contribution in [2.75, 3.05) is 12.0 Å². The van der Waals surface area contributed by atoms with Crippen molar-refractivity contribution in [2.24, 2.45) is 0 Å². The molecular weight excluding hydrogens is 298 g/mol. The maximum absolute atomic E-state index is 12.2. The van der Waals surface area contributed by atoms with Crippen LogP contribution >= 0.6 is 0 Å². The van der Waals surface area contributed by atoms with Gasteiger partial charge in [-0.1, -0.05) is 48.5 Å². The van der Waals surface area contributed by atoms with Crippen molar-refractivity contribution in [1.29, 1.82) is 0 Å². The highest BCUT2D eigenvalue weighted by Crippen LogP contribution is 2.18. The van der Waals surface area contributed by atoms with Gasteiger partial charge in [0, 0.05) is 28.4 Å². The lowest BCUT2D eigenvalue weighted by Gasteiger charge is -2.18. The van der Waals surface area contributed by atoms with E-state index in [9.17, 15) is 14.1 Å². The van der Waals surface area contributed by atoms with Crippen LogP contribution in [0.3, 0.4) is 0 Å². The molecule has 2 rings (SSSR count). The van der Waals surface area contributed by atoms with E-state index < -0.39 is 10.8 Å². The monoisotopic (exact) mass is 317 g/mol. The van der Waals surface area contributed by atoms with Crippen molar-refractivity contribution in [3.63, 3.8) is 0 Å². The molecule has 2 N–H and O–H groups in total. The van der Waals surface area contributed by atoms with Gasteiger partial charge in [-0.2, -0.15) is 0 Å². The third-order valence-electron chi connectivity index (χ3n) is 3.28. The molecule has 0 saturated heterocycles. The van der Waals surface area contributed by atoms with Crippen LogP contribution in [0.1, 0.15) is 17.2 Å². The molecule has 22 heavy (non-hydrogen) atoms. The Bertz CT molecular complexity index is 658. The third-order valence-corrected chi connectivity index (χ3v) is 4.08. The Morgan fingerprint density at radius 2 is 1.77 bits per heavy atom. The second-order valence-electron chi connectivity index (χ2n) is 5.08. The average Bonchev–Trinajstić information content (AvgIpc) is 2.49. The van der Waals surface area contributed by atoms with E-state index in [2.05, 4.69) is 5.32 Å². The lowest BCUT2D eigenvalue weighted by atomic mass is 10.1. The Morgan fingerprint density at radius 1 is 1.14 bits per heavy atom. The van der Waals surface area contributed by atoms with Gasteiger partial charge in [-0.15, -0.1) is 0 Å². The molecule has 0 aliphatic carbocycles. The number of carbonyl (C=O) groups is 1. The summed E-state index contributed by atoms with van der Waals surface area (Å²) < 4.78 is 11.5. The topological polar surface area (TPSA) is 66.4 Å². The minimum absolute atomic E-state index is 0.0896. The lowest BCUT2D eigenvalue weighted by Crippen LogP contribution is -2.33. The van der Waals surface area contributed by atoms with Crippen LogP contribution in [-0.4, -0.2) is 27.2 Å². The minimum atomic E-state index is -1.03. The van der Waals surface area contributed by atoms with Crippen LogP contribution in [0.15, 0.2) is 54.6 Å². The van der Waals surface area contributed by atoms with Gasteiger partial charge in [-0.25, -0.2) is 0 Å². The summed E-state index contributed by atoms with van der Waals surface area (Å²) in [7, 11) is -1.03. The van der Waals surface area contributed by atoms with Gasteiger partial charge in [-0.05, 0) is 11.6 Å². The number of rotatable bonds is 6. The number of para-hydroxylation sites is 1. The van der Waals surface area contributed by atoms with Crippen LogP contribution in [0.25, 0.3) is 0 Å². The Kier molecular flexibility index (Phi) is 5.72. The van der Waals surface area contributed by atoms with Crippen molar-refractivity contribution in [3.05, 3.63) is 65.7 Å². The lowest BCUT2D eigenvalue weighted by molar-refractivity contribution is -0.121. The maximum Gasteiger partial charge on any atom is 0.225 e. The fourth-order valence-electron chi connectivity index (χ4n) is 2.22. The van der Waals surface area contributed by atoms with Gasteiger partial charge in [-0.3, -0.25) is 9.00 Å². The molecule has 2 atom stereocenters. The molecule has 0 fully saturated rings. The van der Waals surface area contributed by atoms with Gasteiger partial charge >= 0.3 is 0 Å². The second kappa shape index (κ2) is 7.75. The summed E-state index contributed by atoms with van der Waals surface area (Å²) >= 11 is 0. The quantitative estimate of drug-likeness (QED) is 0.858. The molecule has 0 bridgehead atoms. The Morgan fingerprint density at radius 3 is 2.41 bits per heavy atom. The number of phenolic OH excluding ortho intramolecular Hbond substituents is 1. The minimum Gasteiger partial charge on any atom is -0.508 e. The number of phenols is 1. The molecule has 0 aliphatic rings. The number of aromatic hydroxyl groups is 1. The summed E-state index contributed by atoms with van der Waals surface area (Å²) in [5, 5.41) is 12.6. The fraction of sp³-hybridized carbons (Fsp3) is 0.235. The van der Waals surface area contributed by atoms with Crippen LogP contribution in [0.2, 0.25) is 0 Å². The van der Waals surface area contributed by atoms with Crippen LogP contribution in [0.5, 0.6) is 5.75 Å². The Hall–Kier alpha value is -2.14. The first kappa shape index (κ1) is 16.2. The molecule has 0 heterocycles. The van der Waals surface area contributed by atoms with Gasteiger partial charge in [0.2, 0.25) is 5.91 Å². The number of amides is 1. The molecule has 0 unspecified atom stereocenters. The third kappa shape index (κ3) is 4.70. The molecule has 0 spiro atoms. The molecule has 2 aromatic rings. The van der Waals surface area contributed by atoms with Gasteiger partial charge in [0.1, 0.15) is 5.75 Å². The van der Waals surface area contributed by atoms with Gasteiger partial charge in [0.05, 0.1) is 12.5 Å². The molecule has 0 radical (unpaired) electrons. The molecule has 0 aliphatic heterocycles. The van der Waals surface area contributed by atoms with E-state index in [1.54, 1.807) is 30.5 Å². The summed E-state index contributed by atoms with van der Waals surface area (Å²) in [6.45, 7) is 0. The van der Waals surface area contributed by atoms with Gasteiger partial charge in [0.25, 0.3) is 0 Å². The standard InChI is InChI=1S/C17H19NO3S/c1-22(21)12-15(13-7-3-2-4-8-13)18-17(20)11-14-9-5-6-10-16(14)19/h2-10,15,19H,11-12H2,1H3,(H,18,20)/t15-,22-/m1/s1. The van der Waals surface area contributed by atoms with Gasteiger partial charge in [0.15, 0.2) is 0 Å². The molecule has 5 heteroatoms. The van der Waals surface area contributed by atoms with Crippen molar-refractivity contribution in [2.45, 2.75) is 12.5 Å². The largest absolute Gasteiger partial charge is 0.508 e. The highest BCUT2D eigenvalue weighted by Gasteiger charge is 2.17. The molecule has 0 saturated carbocycles. The van der Waals surface area contributed by atoms with E-state index in [-0.39, 0.29) is 24.1 Å². The van der Waals surface area contributed by atoms with Crippen LogP contribution in [-0.2, 0) is 22.0 Å². The van der Waals surface area contributed by atoms with E-state index in [1.807, 2.05) is 30.3 Å². The Labute approximate surface area is 132 Å². The van der Waals surface area contributed by atoms with Gasteiger partial charge < -0.3 is 10.4 Å². The zero-order valence-corrected chi connectivity index (χ0v) is 13.2. The van der Waals surface area contributed by atoms with Crippen molar-refractivity contribution in [3.8, 4) is 5.75 Å². The number of hydrogen-bond donors (Lipinski definition) is 2. The fourth-order valence-corrected chi connectivity index (χ4v) is 2.97. The average molecular weight is 317 g/mol. The van der Waals surface area contributed by atoms with Crippen molar-refractivity contribution in [1.82, 2.24) is 5.32 Å². The van der Waals surface area contributed by atoms with Crippen molar-refractivity contribution < 1.29 is 14.1 Å². The maximum atomic E-state index is 12.2. The van der Waals surface area contributed by atoms with Crippen molar-refractivity contribution >= 4 is 16.7 Å². The van der Waals surface area contributed by atoms with E-state index in [0.29, 0.717) is 11.3 Å². The highest BCUT2D eigenvalue weighted by atomic mass is 32.2. The molecule has 2 aromatic carbocycles. The first-order valence-electron chi connectivity index (χ1n) is 6.97. The first-order valence-corrected chi connectivity index (χ1v) is 8.70. The predicted molar refractivity (Wildman–Crippen MR) is 88.1 cm³/mol. The summed E-state index contributed by atoms with van der Waals surface area (Å²) in [4.78, 5) is 12.2.